The van der Waals surface area contributed by atoms with Gasteiger partial charge in [0.15, 0.2) is 0 Å². The van der Waals surface area contributed by atoms with Crippen molar-refractivity contribution in [3.63, 3.8) is 0 Å². The molecule has 3 aromatic carbocycles. The molecule has 3 aromatic rings. The molecule has 0 fully saturated rings. The zero-order valence-corrected chi connectivity index (χ0v) is 16.9. The predicted octanol–water partition coefficient (Wildman–Crippen LogP) is 5.28. The third kappa shape index (κ3) is 5.67. The highest BCUT2D eigenvalue weighted by atomic mass is 35.5. The molecule has 1 amide bonds. The lowest BCUT2D eigenvalue weighted by molar-refractivity contribution is 0.0734. The zero-order chi connectivity index (χ0) is 20.8. The van der Waals surface area contributed by atoms with Crippen molar-refractivity contribution in [3.8, 4) is 5.75 Å². The van der Waals surface area contributed by atoms with Crippen LogP contribution in [0, 0.1) is 6.92 Å². The van der Waals surface area contributed by atoms with Crippen LogP contribution >= 0.6 is 23.2 Å². The second-order valence-corrected chi connectivity index (χ2v) is 6.99. The average Bonchev–Trinajstić information content (AvgIpc) is 2.69. The molecule has 146 valence electrons. The lowest BCUT2D eigenvalue weighted by atomic mass is 10.1. The monoisotopic (exact) mass is 426 g/mol. The van der Waals surface area contributed by atoms with Crippen LogP contribution in [0.15, 0.2) is 71.8 Å². The maximum Gasteiger partial charge on any atom is 0.345 e. The van der Waals surface area contributed by atoms with E-state index in [1.54, 1.807) is 42.5 Å². The summed E-state index contributed by atoms with van der Waals surface area (Å²) in [4.78, 5) is 24.2. The normalized spacial score (nSPS) is 10.7. The van der Waals surface area contributed by atoms with Crippen LogP contribution in [0.2, 0.25) is 10.0 Å². The first-order valence-corrected chi connectivity index (χ1v) is 9.35. The number of amides is 1. The summed E-state index contributed by atoms with van der Waals surface area (Å²) in [6.45, 7) is 1.95. The number of rotatable bonds is 5. The molecule has 0 radical (unpaired) electrons. The van der Waals surface area contributed by atoms with Crippen LogP contribution in [0.5, 0.6) is 5.75 Å². The number of esters is 1. The molecule has 0 aliphatic rings. The number of aryl methyl sites for hydroxylation is 1. The first-order chi connectivity index (χ1) is 13.9. The van der Waals surface area contributed by atoms with Gasteiger partial charge >= 0.3 is 5.97 Å². The second-order valence-electron chi connectivity index (χ2n) is 6.15. The molecule has 0 saturated carbocycles. The maximum absolute atomic E-state index is 12.2. The predicted molar refractivity (Wildman–Crippen MR) is 114 cm³/mol. The molecule has 3 rings (SSSR count). The van der Waals surface area contributed by atoms with E-state index in [4.69, 9.17) is 27.9 Å². The van der Waals surface area contributed by atoms with Crippen LogP contribution in [0.3, 0.4) is 0 Å². The zero-order valence-electron chi connectivity index (χ0n) is 15.4. The number of halogens is 2. The lowest BCUT2D eigenvalue weighted by Crippen LogP contribution is -2.17. The Hall–Kier alpha value is -3.15. The van der Waals surface area contributed by atoms with E-state index in [9.17, 15) is 9.59 Å². The van der Waals surface area contributed by atoms with Gasteiger partial charge in [0.2, 0.25) is 0 Å². The van der Waals surface area contributed by atoms with Crippen LogP contribution < -0.4 is 10.2 Å². The lowest BCUT2D eigenvalue weighted by Gasteiger charge is -2.06. The topological polar surface area (TPSA) is 67.8 Å². The van der Waals surface area contributed by atoms with Gasteiger partial charge in [0.05, 0.1) is 16.8 Å². The highest BCUT2D eigenvalue weighted by molar-refractivity contribution is 6.36. The Labute approximate surface area is 177 Å². The van der Waals surface area contributed by atoms with E-state index in [0.717, 1.165) is 11.1 Å². The Morgan fingerprint density at radius 1 is 0.966 bits per heavy atom. The molecule has 0 heterocycles. The van der Waals surface area contributed by atoms with Gasteiger partial charge in [-0.1, -0.05) is 40.9 Å². The molecule has 0 aromatic heterocycles. The fourth-order valence-electron chi connectivity index (χ4n) is 2.37. The summed E-state index contributed by atoms with van der Waals surface area (Å²) in [6.07, 6.45) is 1.49. The van der Waals surface area contributed by atoms with Crippen molar-refractivity contribution in [2.75, 3.05) is 0 Å². The first-order valence-electron chi connectivity index (χ1n) is 8.60. The van der Waals surface area contributed by atoms with Gasteiger partial charge in [-0.15, -0.1) is 0 Å². The Kier molecular flexibility index (Phi) is 6.65. The van der Waals surface area contributed by atoms with Crippen molar-refractivity contribution in [3.05, 3.63) is 99.0 Å². The minimum Gasteiger partial charge on any atom is -0.423 e. The summed E-state index contributed by atoms with van der Waals surface area (Å²) in [5.74, 6) is -0.535. The highest BCUT2D eigenvalue weighted by Gasteiger charge is 2.13. The standard InChI is InChI=1S/C22H16Cl2N2O3/c1-14-2-6-16(7-3-14)21(27)26-25-13-15-4-9-18(10-5-15)29-22(28)19-11-8-17(23)12-20(19)24/h2-13H,1H3,(H,26,27)/b25-13-. The van der Waals surface area contributed by atoms with Crippen molar-refractivity contribution in [1.82, 2.24) is 5.43 Å². The number of carbonyl (C=O) groups excluding carboxylic acids is 2. The summed E-state index contributed by atoms with van der Waals surface area (Å²) in [6, 6.07) is 18.4. The summed E-state index contributed by atoms with van der Waals surface area (Å²) < 4.78 is 5.31. The number of nitrogens with one attached hydrogen (secondary N) is 1. The number of carbonyl (C=O) groups is 2. The number of hydrogen-bond acceptors (Lipinski definition) is 4. The van der Waals surface area contributed by atoms with Crippen molar-refractivity contribution in [1.29, 1.82) is 0 Å². The van der Waals surface area contributed by atoms with Crippen LogP contribution in [-0.4, -0.2) is 18.1 Å². The average molecular weight is 427 g/mol. The Morgan fingerprint density at radius 3 is 2.31 bits per heavy atom. The third-order valence-electron chi connectivity index (χ3n) is 3.94. The molecule has 0 atom stereocenters. The van der Waals surface area contributed by atoms with Crippen LogP contribution in [0.25, 0.3) is 0 Å². The quantitative estimate of drug-likeness (QED) is 0.261. The summed E-state index contributed by atoms with van der Waals surface area (Å²) in [7, 11) is 0. The van der Waals surface area contributed by atoms with Gasteiger partial charge in [-0.2, -0.15) is 5.10 Å². The van der Waals surface area contributed by atoms with Crippen LogP contribution in [0.4, 0.5) is 0 Å². The molecule has 0 aliphatic carbocycles. The maximum atomic E-state index is 12.2. The molecule has 0 unspecified atom stereocenters. The van der Waals surface area contributed by atoms with Gasteiger partial charge in [0, 0.05) is 10.6 Å². The number of nitrogens with zero attached hydrogens (tertiary/aromatic N) is 1. The van der Waals surface area contributed by atoms with E-state index < -0.39 is 5.97 Å². The van der Waals surface area contributed by atoms with Crippen molar-refractivity contribution < 1.29 is 14.3 Å². The molecular formula is C22H16Cl2N2O3. The smallest absolute Gasteiger partial charge is 0.345 e. The van der Waals surface area contributed by atoms with Crippen molar-refractivity contribution in [2.24, 2.45) is 5.10 Å². The van der Waals surface area contributed by atoms with Gasteiger partial charge in [-0.25, -0.2) is 10.2 Å². The van der Waals surface area contributed by atoms with Crippen LogP contribution in [-0.2, 0) is 0 Å². The van der Waals surface area contributed by atoms with Gasteiger partial charge in [0.1, 0.15) is 5.75 Å². The van der Waals surface area contributed by atoms with Gasteiger partial charge in [-0.05, 0) is 67.1 Å². The molecule has 0 bridgehead atoms. The van der Waals surface area contributed by atoms with E-state index in [-0.39, 0.29) is 16.5 Å². The van der Waals surface area contributed by atoms with Gasteiger partial charge < -0.3 is 4.74 Å². The Morgan fingerprint density at radius 2 is 1.66 bits per heavy atom. The molecule has 0 aliphatic heterocycles. The Bertz CT molecular complexity index is 1060. The number of hydrazone groups is 1. The number of benzene rings is 3. The number of hydrogen-bond donors (Lipinski definition) is 1. The van der Waals surface area contributed by atoms with Gasteiger partial charge in [0.25, 0.3) is 5.91 Å². The second kappa shape index (κ2) is 9.37. The third-order valence-corrected chi connectivity index (χ3v) is 4.48. The molecule has 29 heavy (non-hydrogen) atoms. The summed E-state index contributed by atoms with van der Waals surface area (Å²) in [5.41, 5.74) is 5.01. The fourth-order valence-corrected chi connectivity index (χ4v) is 2.86. The van der Waals surface area contributed by atoms with Crippen molar-refractivity contribution in [2.45, 2.75) is 6.92 Å². The molecule has 5 nitrogen and oxygen atoms in total. The van der Waals surface area contributed by atoms with Crippen molar-refractivity contribution >= 4 is 41.3 Å². The minimum atomic E-state index is -0.585. The molecule has 0 saturated heterocycles. The minimum absolute atomic E-state index is 0.218. The van der Waals surface area contributed by atoms with Crippen LogP contribution in [0.1, 0.15) is 31.8 Å². The van der Waals surface area contributed by atoms with E-state index in [1.807, 2.05) is 19.1 Å². The first kappa shape index (κ1) is 20.6. The molecule has 7 heteroatoms. The Balaban J connectivity index is 1.58. The molecule has 0 spiro atoms. The van der Waals surface area contributed by atoms with E-state index in [2.05, 4.69) is 10.5 Å². The van der Waals surface area contributed by atoms with E-state index in [1.165, 1.54) is 18.3 Å². The fraction of sp³-hybridized carbons (Fsp3) is 0.0455. The SMILES string of the molecule is Cc1ccc(C(=O)N/N=C\c2ccc(OC(=O)c3ccc(Cl)cc3Cl)cc2)cc1. The summed E-state index contributed by atoms with van der Waals surface area (Å²) >= 11 is 11.8. The van der Waals surface area contributed by atoms with E-state index >= 15 is 0 Å². The molecule has 1 N–H and O–H groups in total. The highest BCUT2D eigenvalue weighted by Crippen LogP contribution is 2.23. The summed E-state index contributed by atoms with van der Waals surface area (Å²) in [5, 5.41) is 4.59. The van der Waals surface area contributed by atoms with E-state index in [0.29, 0.717) is 16.3 Å². The number of ether oxygens (including phenoxy) is 1. The van der Waals surface area contributed by atoms with Gasteiger partial charge in [-0.3, -0.25) is 4.79 Å². The largest absolute Gasteiger partial charge is 0.423 e. The molecular weight excluding hydrogens is 411 g/mol.